The molecule has 1 N–H and O–H groups in total. The van der Waals surface area contributed by atoms with Crippen molar-refractivity contribution in [3.05, 3.63) is 66.7 Å². The molecule has 0 radical (unpaired) electrons. The second kappa shape index (κ2) is 9.66. The minimum Gasteiger partial charge on any atom is -0.490 e. The predicted molar refractivity (Wildman–Crippen MR) is 109 cm³/mol. The van der Waals surface area contributed by atoms with Crippen molar-refractivity contribution in [3.63, 3.8) is 0 Å². The summed E-state index contributed by atoms with van der Waals surface area (Å²) in [5, 5.41) is 7.01. The third-order valence-electron chi connectivity index (χ3n) is 4.51. The first-order chi connectivity index (χ1) is 13.7. The monoisotopic (exact) mass is 379 g/mol. The van der Waals surface area contributed by atoms with Gasteiger partial charge in [-0.1, -0.05) is 26.0 Å². The Kier molecular flexibility index (Phi) is 6.75. The molecule has 0 aliphatic heterocycles. The highest BCUT2D eigenvalue weighted by Crippen LogP contribution is 2.24. The van der Waals surface area contributed by atoms with Crippen molar-refractivity contribution in [2.45, 2.75) is 13.8 Å². The van der Waals surface area contributed by atoms with Gasteiger partial charge in [0.1, 0.15) is 25.0 Å². The van der Waals surface area contributed by atoms with Crippen molar-refractivity contribution in [1.82, 2.24) is 19.7 Å². The molecule has 1 heterocycles. The number of ether oxygens (including phenoxy) is 1. The second-order valence-electron chi connectivity index (χ2n) is 6.21. The molecule has 1 aromatic heterocycles. The standard InChI is InChI=1S/C21H25N5O2/c1-3-25(4-2)13-14-28-20-8-6-5-7-19(20)24-21(27)17-9-11-18(12-10-17)26-16-22-15-23-26/h5-12,15-16H,3-4,13-14H2,1-2H3,(H,24,27). The second-order valence-corrected chi connectivity index (χ2v) is 6.21. The largest absolute Gasteiger partial charge is 0.490 e. The summed E-state index contributed by atoms with van der Waals surface area (Å²) >= 11 is 0. The summed E-state index contributed by atoms with van der Waals surface area (Å²) in [6.07, 6.45) is 3.08. The van der Waals surface area contributed by atoms with Crippen LogP contribution in [0.2, 0.25) is 0 Å². The normalized spacial score (nSPS) is 10.8. The van der Waals surface area contributed by atoms with Gasteiger partial charge >= 0.3 is 0 Å². The number of aromatic nitrogens is 3. The van der Waals surface area contributed by atoms with Crippen LogP contribution in [-0.4, -0.2) is 51.8 Å². The van der Waals surface area contributed by atoms with E-state index in [0.29, 0.717) is 23.6 Å². The zero-order valence-electron chi connectivity index (χ0n) is 16.2. The maximum Gasteiger partial charge on any atom is 0.255 e. The Balaban J connectivity index is 1.64. The Bertz CT molecular complexity index is 874. The molecule has 2 aromatic carbocycles. The molecule has 0 spiro atoms. The topological polar surface area (TPSA) is 72.3 Å². The first kappa shape index (κ1) is 19.6. The highest BCUT2D eigenvalue weighted by atomic mass is 16.5. The summed E-state index contributed by atoms with van der Waals surface area (Å²) in [7, 11) is 0. The summed E-state index contributed by atoms with van der Waals surface area (Å²) in [6, 6.07) is 14.7. The van der Waals surface area contributed by atoms with Crippen molar-refractivity contribution in [3.8, 4) is 11.4 Å². The van der Waals surface area contributed by atoms with E-state index in [1.165, 1.54) is 6.33 Å². The summed E-state index contributed by atoms with van der Waals surface area (Å²) in [6.45, 7) is 7.66. The molecule has 0 atom stereocenters. The fourth-order valence-electron chi connectivity index (χ4n) is 2.82. The molecule has 146 valence electrons. The van der Waals surface area contributed by atoms with E-state index in [1.54, 1.807) is 23.1 Å². The van der Waals surface area contributed by atoms with Gasteiger partial charge in [-0.2, -0.15) is 5.10 Å². The van der Waals surface area contributed by atoms with Gasteiger partial charge in [-0.05, 0) is 49.5 Å². The fraction of sp³-hybridized carbons (Fsp3) is 0.286. The molecular formula is C21H25N5O2. The minimum atomic E-state index is -0.190. The lowest BCUT2D eigenvalue weighted by Crippen LogP contribution is -2.28. The van der Waals surface area contributed by atoms with Gasteiger partial charge in [0.05, 0.1) is 11.4 Å². The molecule has 7 nitrogen and oxygen atoms in total. The van der Waals surface area contributed by atoms with Crippen molar-refractivity contribution in [2.75, 3.05) is 31.6 Å². The van der Waals surface area contributed by atoms with E-state index in [9.17, 15) is 4.79 Å². The molecule has 28 heavy (non-hydrogen) atoms. The maximum absolute atomic E-state index is 12.6. The number of carbonyl (C=O) groups excluding carboxylic acids is 1. The number of carbonyl (C=O) groups is 1. The van der Waals surface area contributed by atoms with E-state index in [1.807, 2.05) is 36.4 Å². The lowest BCUT2D eigenvalue weighted by Gasteiger charge is -2.19. The number of rotatable bonds is 9. The van der Waals surface area contributed by atoms with E-state index in [-0.39, 0.29) is 5.91 Å². The van der Waals surface area contributed by atoms with Crippen molar-refractivity contribution in [2.24, 2.45) is 0 Å². The van der Waals surface area contributed by atoms with Crippen molar-refractivity contribution >= 4 is 11.6 Å². The summed E-state index contributed by atoms with van der Waals surface area (Å²) in [5.41, 5.74) is 2.06. The van der Waals surface area contributed by atoms with Crippen LogP contribution in [-0.2, 0) is 0 Å². The lowest BCUT2D eigenvalue weighted by molar-refractivity contribution is 0.102. The molecular weight excluding hydrogens is 354 g/mol. The van der Waals surface area contributed by atoms with E-state index in [2.05, 4.69) is 34.1 Å². The number of para-hydroxylation sites is 2. The quantitative estimate of drug-likeness (QED) is 0.618. The number of amides is 1. The highest BCUT2D eigenvalue weighted by Gasteiger charge is 2.11. The Morgan fingerprint density at radius 3 is 2.54 bits per heavy atom. The van der Waals surface area contributed by atoms with Crippen LogP contribution in [0.15, 0.2) is 61.2 Å². The van der Waals surface area contributed by atoms with Crippen LogP contribution >= 0.6 is 0 Å². The van der Waals surface area contributed by atoms with Crippen LogP contribution in [0, 0.1) is 0 Å². The zero-order valence-corrected chi connectivity index (χ0v) is 16.2. The lowest BCUT2D eigenvalue weighted by atomic mass is 10.2. The average Bonchev–Trinajstić information content (AvgIpc) is 3.27. The predicted octanol–water partition coefficient (Wildman–Crippen LogP) is 3.24. The minimum absolute atomic E-state index is 0.190. The molecule has 7 heteroatoms. The van der Waals surface area contributed by atoms with Crippen LogP contribution in [0.3, 0.4) is 0 Å². The molecule has 3 aromatic rings. The highest BCUT2D eigenvalue weighted by molar-refractivity contribution is 6.05. The van der Waals surface area contributed by atoms with Gasteiger partial charge in [-0.25, -0.2) is 9.67 Å². The van der Waals surface area contributed by atoms with Gasteiger partial charge in [0.25, 0.3) is 5.91 Å². The number of nitrogens with one attached hydrogen (secondary N) is 1. The van der Waals surface area contributed by atoms with E-state index in [0.717, 1.165) is 25.3 Å². The molecule has 0 saturated carbocycles. The molecule has 3 rings (SSSR count). The first-order valence-electron chi connectivity index (χ1n) is 9.41. The van der Waals surface area contributed by atoms with E-state index in [4.69, 9.17) is 4.74 Å². The number of benzene rings is 2. The molecule has 0 aliphatic carbocycles. The zero-order chi connectivity index (χ0) is 19.8. The maximum atomic E-state index is 12.6. The van der Waals surface area contributed by atoms with E-state index >= 15 is 0 Å². The number of likely N-dealkylation sites (N-methyl/N-ethyl adjacent to an activating group) is 1. The first-order valence-corrected chi connectivity index (χ1v) is 9.41. The van der Waals surface area contributed by atoms with Crippen LogP contribution in [0.1, 0.15) is 24.2 Å². The van der Waals surface area contributed by atoms with Crippen LogP contribution in [0.4, 0.5) is 5.69 Å². The third-order valence-corrected chi connectivity index (χ3v) is 4.51. The number of hydrogen-bond acceptors (Lipinski definition) is 5. The smallest absolute Gasteiger partial charge is 0.255 e. The Labute approximate surface area is 165 Å². The Morgan fingerprint density at radius 1 is 1.11 bits per heavy atom. The van der Waals surface area contributed by atoms with Gasteiger partial charge in [0.15, 0.2) is 0 Å². The molecule has 0 saturated heterocycles. The number of anilines is 1. The summed E-state index contributed by atoms with van der Waals surface area (Å²) < 4.78 is 7.54. The molecule has 1 amide bonds. The van der Waals surface area contributed by atoms with Crippen molar-refractivity contribution < 1.29 is 9.53 Å². The average molecular weight is 379 g/mol. The fourth-order valence-corrected chi connectivity index (χ4v) is 2.82. The van der Waals surface area contributed by atoms with Gasteiger partial charge < -0.3 is 15.0 Å². The Morgan fingerprint density at radius 2 is 1.86 bits per heavy atom. The van der Waals surface area contributed by atoms with E-state index < -0.39 is 0 Å². The van der Waals surface area contributed by atoms with Gasteiger partial charge in [0.2, 0.25) is 0 Å². The molecule has 0 aliphatic rings. The Hall–Kier alpha value is -3.19. The van der Waals surface area contributed by atoms with Crippen LogP contribution in [0.5, 0.6) is 5.75 Å². The number of nitrogens with zero attached hydrogens (tertiary/aromatic N) is 4. The van der Waals surface area contributed by atoms with Gasteiger partial charge in [-0.3, -0.25) is 4.79 Å². The molecule has 0 fully saturated rings. The van der Waals surface area contributed by atoms with Gasteiger partial charge in [0, 0.05) is 12.1 Å². The SMILES string of the molecule is CCN(CC)CCOc1ccccc1NC(=O)c1ccc(-n2cncn2)cc1. The van der Waals surface area contributed by atoms with Crippen LogP contribution < -0.4 is 10.1 Å². The third kappa shape index (κ3) is 4.95. The van der Waals surface area contributed by atoms with Crippen molar-refractivity contribution in [1.29, 1.82) is 0 Å². The summed E-state index contributed by atoms with van der Waals surface area (Å²) in [5.74, 6) is 0.479. The van der Waals surface area contributed by atoms with Crippen LogP contribution in [0.25, 0.3) is 5.69 Å². The van der Waals surface area contributed by atoms with Gasteiger partial charge in [-0.15, -0.1) is 0 Å². The molecule has 0 unspecified atom stereocenters. The molecule has 0 bridgehead atoms. The number of hydrogen-bond donors (Lipinski definition) is 1. The summed E-state index contributed by atoms with van der Waals surface area (Å²) in [4.78, 5) is 18.8.